The van der Waals surface area contributed by atoms with Crippen molar-refractivity contribution in [3.63, 3.8) is 0 Å². The minimum absolute atomic E-state index is 0.00885. The Labute approximate surface area is 377 Å². The number of nitrogens with zero attached hydrogens (tertiary/aromatic N) is 4. The van der Waals surface area contributed by atoms with E-state index in [2.05, 4.69) is 59.7 Å². The highest BCUT2D eigenvalue weighted by atomic mass is 17.2. The second-order valence-corrected chi connectivity index (χ2v) is 17.8. The predicted molar refractivity (Wildman–Crippen MR) is 245 cm³/mol. The molecule has 4 aliphatic rings. The maximum absolute atomic E-state index is 14.3. The first-order valence-corrected chi connectivity index (χ1v) is 22.3. The van der Waals surface area contributed by atoms with E-state index in [-0.39, 0.29) is 48.4 Å². The van der Waals surface area contributed by atoms with E-state index < -0.39 is 18.1 Å². The van der Waals surface area contributed by atoms with Crippen molar-refractivity contribution in [2.75, 3.05) is 34.0 Å². The summed E-state index contributed by atoms with van der Waals surface area (Å²) in [6.45, 7) is 7.26. The summed E-state index contributed by atoms with van der Waals surface area (Å²) in [4.78, 5) is 67.9. The summed E-state index contributed by atoms with van der Waals surface area (Å²) in [5, 5.41) is 12.1. The third kappa shape index (κ3) is 8.46. The number of aromatic nitrogens is 2. The van der Waals surface area contributed by atoms with Crippen LogP contribution in [0.25, 0.3) is 33.2 Å². The Hall–Kier alpha value is -6.58. The number of fused-ring (bicyclic) bond motifs is 6. The Bertz CT molecular complexity index is 2650. The Kier molecular flexibility index (Phi) is 12.4. The molecule has 0 bridgehead atoms. The van der Waals surface area contributed by atoms with Crippen molar-refractivity contribution in [1.29, 1.82) is 5.41 Å². The van der Waals surface area contributed by atoms with E-state index in [0.717, 1.165) is 79.8 Å². The van der Waals surface area contributed by atoms with Gasteiger partial charge >= 0.3 is 6.09 Å². The van der Waals surface area contributed by atoms with E-state index in [9.17, 15) is 14.4 Å². The summed E-state index contributed by atoms with van der Waals surface area (Å²) in [7, 11) is 2.98. The normalized spacial score (nSPS) is 20.7. The molecule has 9 rings (SSSR count). The molecule has 0 saturated carbocycles. The number of alkyl carbamates (subject to hydrolysis) is 1. The van der Waals surface area contributed by atoms with Crippen LogP contribution in [0.4, 0.5) is 10.5 Å². The van der Waals surface area contributed by atoms with E-state index in [0.29, 0.717) is 44.8 Å². The molecule has 4 aromatic carbocycles. The lowest BCUT2D eigenvalue weighted by Crippen LogP contribution is -2.55. The molecule has 1 unspecified atom stereocenters. The Morgan fingerprint density at radius 3 is 2.60 bits per heavy atom. The predicted octanol–water partition coefficient (Wildman–Crippen LogP) is 8.05. The van der Waals surface area contributed by atoms with E-state index in [1.165, 1.54) is 7.11 Å². The molecule has 3 amide bonds. The number of amides is 3. The molecule has 3 N–H and O–H groups in total. The molecule has 2 fully saturated rings. The number of carbonyl (C=O) groups is 3. The number of rotatable bonds is 14. The van der Waals surface area contributed by atoms with Crippen LogP contribution in [0.2, 0.25) is 0 Å². The van der Waals surface area contributed by atoms with Crippen LogP contribution in [-0.4, -0.2) is 102 Å². The molecule has 0 spiro atoms. The number of methoxy groups -OCH3 is 2. The molecule has 338 valence electrons. The Morgan fingerprint density at radius 1 is 1.00 bits per heavy atom. The van der Waals surface area contributed by atoms with Gasteiger partial charge in [0.1, 0.15) is 30.8 Å². The molecule has 0 aliphatic carbocycles. The molecule has 4 aliphatic heterocycles. The first-order chi connectivity index (χ1) is 31.6. The SMILES string of the molecule is COC[C@H]1C[C@@H](c2ncc(-c3ccc4c(c3)COc3cc5c6c(ccc5cc3-4)N=C(C3CC[C@H](C)N3C(=O)[C@@H](NC(=O)OC)C(C)C)C6)[nH]2)N(C(=O)[C@H](COOC=N)c2ccccc2)C1. The standard InChI is InChI=1S/C50H55N7O8/c1-28(2)46(55-50(60)62-5)49(59)57-29(3)11-16-43(57)41-20-37-36-21-45-38(19-32(36)13-15-40(37)53-41)35-14-12-33(18-34(35)25-63-45)42-22-52-47(54-42)44-17-30(24-61-4)23-56(44)48(58)39(26-64-65-27-51)31-9-7-6-8-10-31/h6-10,12-15,18-19,21-22,27-30,39,43-44,46,51H,11,16-17,20,23-26H2,1-5H3,(H,52,54)(H,55,60)/t29-,30-,39+,43?,44-,46-/m0/s1. The molecule has 15 heteroatoms. The summed E-state index contributed by atoms with van der Waals surface area (Å²) >= 11 is 0. The first kappa shape index (κ1) is 43.7. The van der Waals surface area contributed by atoms with Gasteiger partial charge in [-0.25, -0.2) is 9.78 Å². The number of nitrogens with one attached hydrogen (secondary N) is 3. The van der Waals surface area contributed by atoms with E-state index in [1.807, 2.05) is 60.2 Å². The highest BCUT2D eigenvalue weighted by Crippen LogP contribution is 2.45. The highest BCUT2D eigenvalue weighted by Gasteiger charge is 2.43. The van der Waals surface area contributed by atoms with Crippen molar-refractivity contribution in [3.8, 4) is 28.1 Å². The molecule has 2 saturated heterocycles. The summed E-state index contributed by atoms with van der Waals surface area (Å²) in [5.41, 5.74) is 8.73. The molecule has 65 heavy (non-hydrogen) atoms. The Morgan fingerprint density at radius 2 is 1.83 bits per heavy atom. The summed E-state index contributed by atoms with van der Waals surface area (Å²) < 4.78 is 16.9. The van der Waals surface area contributed by atoms with Crippen LogP contribution in [0, 0.1) is 17.2 Å². The molecule has 5 heterocycles. The topological polar surface area (TPSA) is 181 Å². The number of benzene rings is 4. The number of ether oxygens (including phenoxy) is 3. The number of hydrogen-bond donors (Lipinski definition) is 3. The Balaban J connectivity index is 0.942. The molecule has 1 aromatic heterocycles. The number of H-pyrrole nitrogens is 1. The van der Waals surface area contributed by atoms with Gasteiger partial charge < -0.3 is 39.2 Å². The van der Waals surface area contributed by atoms with Crippen LogP contribution >= 0.6 is 0 Å². The van der Waals surface area contributed by atoms with Crippen LogP contribution in [0.15, 0.2) is 84.0 Å². The fraction of sp³-hybridized carbons (Fsp3) is 0.400. The molecular formula is C50H55N7O8. The van der Waals surface area contributed by atoms with Gasteiger partial charge in [-0.15, -0.1) is 0 Å². The van der Waals surface area contributed by atoms with Gasteiger partial charge in [-0.2, -0.15) is 4.89 Å². The van der Waals surface area contributed by atoms with E-state index >= 15 is 0 Å². The molecular weight excluding hydrogens is 827 g/mol. The van der Waals surface area contributed by atoms with Crippen molar-refractivity contribution in [2.45, 2.75) is 83.1 Å². The van der Waals surface area contributed by atoms with Crippen molar-refractivity contribution >= 4 is 46.5 Å². The van der Waals surface area contributed by atoms with Gasteiger partial charge in [-0.05, 0) is 95.0 Å². The second-order valence-electron chi connectivity index (χ2n) is 17.8. The number of imidazole rings is 1. The number of aromatic amines is 1. The largest absolute Gasteiger partial charge is 0.488 e. The van der Waals surface area contributed by atoms with Crippen LogP contribution in [0.1, 0.15) is 74.5 Å². The third-order valence-electron chi connectivity index (χ3n) is 13.5. The number of aliphatic imine (C=N–C) groups is 1. The van der Waals surface area contributed by atoms with Gasteiger partial charge in [0.05, 0.1) is 49.3 Å². The zero-order chi connectivity index (χ0) is 45.4. The summed E-state index contributed by atoms with van der Waals surface area (Å²) in [6.07, 6.45) is 4.86. The monoisotopic (exact) mass is 881 g/mol. The van der Waals surface area contributed by atoms with Gasteiger partial charge in [0, 0.05) is 43.3 Å². The maximum Gasteiger partial charge on any atom is 0.407 e. The van der Waals surface area contributed by atoms with Crippen molar-refractivity contribution in [2.24, 2.45) is 16.8 Å². The maximum atomic E-state index is 14.3. The number of likely N-dealkylation sites (tertiary alicyclic amines) is 2. The van der Waals surface area contributed by atoms with Crippen molar-refractivity contribution in [3.05, 3.63) is 102 Å². The van der Waals surface area contributed by atoms with Gasteiger partial charge in [0.15, 0.2) is 0 Å². The quantitative estimate of drug-likeness (QED) is 0.0327. The average molecular weight is 882 g/mol. The lowest BCUT2D eigenvalue weighted by atomic mass is 9.90. The van der Waals surface area contributed by atoms with Crippen LogP contribution < -0.4 is 10.1 Å². The first-order valence-electron chi connectivity index (χ1n) is 22.3. The van der Waals surface area contributed by atoms with Crippen LogP contribution in [-0.2, 0) is 41.9 Å². The second kappa shape index (κ2) is 18.5. The molecule has 0 radical (unpaired) electrons. The zero-order valence-corrected chi connectivity index (χ0v) is 37.3. The fourth-order valence-electron chi connectivity index (χ4n) is 10.2. The lowest BCUT2D eigenvalue weighted by Gasteiger charge is -2.33. The average Bonchev–Trinajstić information content (AvgIpc) is 4.15. The van der Waals surface area contributed by atoms with Gasteiger partial charge in [-0.3, -0.25) is 20.0 Å². The minimum Gasteiger partial charge on any atom is -0.488 e. The number of carbonyl (C=O) groups excluding carboxylic acids is 3. The summed E-state index contributed by atoms with van der Waals surface area (Å²) in [5.74, 6) is 0.620. The third-order valence-corrected chi connectivity index (χ3v) is 13.5. The van der Waals surface area contributed by atoms with Crippen LogP contribution in [0.5, 0.6) is 5.75 Å². The zero-order valence-electron chi connectivity index (χ0n) is 37.3. The van der Waals surface area contributed by atoms with E-state index in [4.69, 9.17) is 39.4 Å². The lowest BCUT2D eigenvalue weighted by molar-refractivity contribution is -0.221. The highest BCUT2D eigenvalue weighted by molar-refractivity contribution is 6.06. The molecule has 5 aromatic rings. The fourth-order valence-corrected chi connectivity index (χ4v) is 10.2. The molecule has 6 atom stereocenters. The smallest absolute Gasteiger partial charge is 0.407 e. The summed E-state index contributed by atoms with van der Waals surface area (Å²) in [6, 6.07) is 23.2. The van der Waals surface area contributed by atoms with Crippen LogP contribution in [0.3, 0.4) is 0 Å². The van der Waals surface area contributed by atoms with Crippen molar-refractivity contribution in [1.82, 2.24) is 25.1 Å². The van der Waals surface area contributed by atoms with E-state index in [1.54, 1.807) is 7.11 Å². The van der Waals surface area contributed by atoms with Gasteiger partial charge in [0.25, 0.3) is 0 Å². The molecule has 15 nitrogen and oxygen atoms in total. The van der Waals surface area contributed by atoms with Crippen molar-refractivity contribution < 1.29 is 38.4 Å². The number of hydrogen-bond acceptors (Lipinski definition) is 11. The van der Waals surface area contributed by atoms with Gasteiger partial charge in [-0.1, -0.05) is 62.4 Å². The minimum atomic E-state index is -0.703. The van der Waals surface area contributed by atoms with Gasteiger partial charge in [0.2, 0.25) is 18.2 Å².